The van der Waals surface area contributed by atoms with Gasteiger partial charge >= 0.3 is 12.1 Å². The standard InChI is InChI=1S/C49H71N3O9/c1-12-31(7)49(40(59-10)25-41(53)52-23-17-22-39(52)45(60-11)32(8)47(56)57)26-33(49)24-30(6)44(54)42(28(2)3)50-46(55)43(29(4)5)51(9)48(58)61-27-38-36-20-15-13-18-34(36)35-19-14-16-21-37(35)38/h13-16,18-21,28-33,38-40,42-43,45H,12,17,22-27H2,1-11H3,(H,50,55)(H,56,57)/t30?,31-,32+,33?,39-,40+,42-,43-,45+,49-/m0/s1. The van der Waals surface area contributed by atoms with Crippen LogP contribution in [0.15, 0.2) is 48.5 Å². The fourth-order valence-corrected chi connectivity index (χ4v) is 10.8. The maximum absolute atomic E-state index is 14.3. The predicted molar refractivity (Wildman–Crippen MR) is 235 cm³/mol. The predicted octanol–water partition coefficient (Wildman–Crippen LogP) is 7.81. The van der Waals surface area contributed by atoms with E-state index in [1.165, 1.54) is 12.0 Å². The maximum atomic E-state index is 14.3. The molecule has 2 aromatic rings. The average Bonchev–Trinajstić information content (AvgIpc) is 3.57. The van der Waals surface area contributed by atoms with E-state index in [9.17, 15) is 29.1 Å². The minimum atomic E-state index is -0.957. The van der Waals surface area contributed by atoms with Crippen LogP contribution in [0.4, 0.5) is 4.79 Å². The number of aliphatic carboxylic acids is 1. The largest absolute Gasteiger partial charge is 0.481 e. The van der Waals surface area contributed by atoms with E-state index in [1.807, 2.05) is 58.9 Å². The second-order valence-corrected chi connectivity index (χ2v) is 18.7. The molecule has 2 aromatic carbocycles. The van der Waals surface area contributed by atoms with Crippen LogP contribution < -0.4 is 5.32 Å². The molecule has 0 radical (unpaired) electrons. The first-order chi connectivity index (χ1) is 28.9. The zero-order chi connectivity index (χ0) is 44.9. The second kappa shape index (κ2) is 20.3. The third-order valence-corrected chi connectivity index (χ3v) is 14.5. The molecule has 2 fully saturated rings. The second-order valence-electron chi connectivity index (χ2n) is 18.7. The van der Waals surface area contributed by atoms with Crippen molar-refractivity contribution in [3.8, 4) is 11.1 Å². The summed E-state index contributed by atoms with van der Waals surface area (Å²) in [5.41, 5.74) is 4.14. The Bertz CT molecular complexity index is 1840. The molecule has 61 heavy (non-hydrogen) atoms. The van der Waals surface area contributed by atoms with Crippen molar-refractivity contribution >= 4 is 29.7 Å². The number of benzene rings is 2. The third kappa shape index (κ3) is 9.85. The molecule has 1 heterocycles. The molecule has 1 saturated heterocycles. The average molecular weight is 846 g/mol. The minimum Gasteiger partial charge on any atom is -0.481 e. The molecule has 336 valence electrons. The topological polar surface area (TPSA) is 152 Å². The summed E-state index contributed by atoms with van der Waals surface area (Å²) in [6.45, 7) is 16.1. The SMILES string of the molecule is CC[C@H](C)[C@@]1([C@@H](CC(=O)N2CCC[C@H]2[C@H](OC)[C@@H](C)C(=O)O)OC)CC1CC(C)C(=O)[C@@H](NC(=O)[C@H](C(C)C)N(C)C(=O)OCC1c2ccccc2-c2ccccc21)C(C)C. The molecular formula is C49H71N3O9. The summed E-state index contributed by atoms with van der Waals surface area (Å²) in [4.78, 5) is 71.1. The Hall–Kier alpha value is -4.29. The van der Waals surface area contributed by atoms with Gasteiger partial charge in [-0.3, -0.25) is 24.1 Å². The molecule has 1 aliphatic heterocycles. The van der Waals surface area contributed by atoms with Crippen LogP contribution >= 0.6 is 0 Å². The Morgan fingerprint density at radius 1 is 0.902 bits per heavy atom. The summed E-state index contributed by atoms with van der Waals surface area (Å²) in [5.74, 6) is -2.91. The number of ether oxygens (including phenoxy) is 3. The van der Waals surface area contributed by atoms with Crippen LogP contribution in [0.25, 0.3) is 11.1 Å². The van der Waals surface area contributed by atoms with Crippen LogP contribution in [-0.2, 0) is 33.4 Å². The van der Waals surface area contributed by atoms with Gasteiger partial charge in [0.15, 0.2) is 5.78 Å². The minimum absolute atomic E-state index is 0.0669. The van der Waals surface area contributed by atoms with Gasteiger partial charge in [0.25, 0.3) is 0 Å². The van der Waals surface area contributed by atoms with Crippen LogP contribution in [0.2, 0.25) is 0 Å². The molecule has 0 aromatic heterocycles. The van der Waals surface area contributed by atoms with Gasteiger partial charge in [0.2, 0.25) is 11.8 Å². The van der Waals surface area contributed by atoms with Gasteiger partial charge in [0.1, 0.15) is 12.6 Å². The van der Waals surface area contributed by atoms with Gasteiger partial charge < -0.3 is 29.5 Å². The molecular weight excluding hydrogens is 775 g/mol. The highest BCUT2D eigenvalue weighted by Gasteiger charge is 2.62. The Morgan fingerprint density at radius 2 is 1.51 bits per heavy atom. The highest BCUT2D eigenvalue weighted by molar-refractivity contribution is 5.93. The summed E-state index contributed by atoms with van der Waals surface area (Å²) in [7, 11) is 4.72. The number of amides is 3. The van der Waals surface area contributed by atoms with Crippen molar-refractivity contribution in [2.24, 2.45) is 40.9 Å². The van der Waals surface area contributed by atoms with E-state index in [2.05, 4.69) is 43.4 Å². The lowest BCUT2D eigenvalue weighted by atomic mass is 9.77. The van der Waals surface area contributed by atoms with Crippen molar-refractivity contribution < 1.29 is 43.3 Å². The molecule has 12 heteroatoms. The van der Waals surface area contributed by atoms with E-state index < -0.39 is 48.0 Å². The number of carboxylic acid groups (broad SMARTS) is 1. The molecule has 3 amide bonds. The lowest BCUT2D eigenvalue weighted by Crippen LogP contribution is -2.56. The number of nitrogens with zero attached hydrogens (tertiary/aromatic N) is 2. The van der Waals surface area contributed by atoms with Crippen LogP contribution in [0.3, 0.4) is 0 Å². The normalized spacial score (nSPS) is 23.0. The molecule has 12 nitrogen and oxygen atoms in total. The van der Waals surface area contributed by atoms with Crippen molar-refractivity contribution in [1.82, 2.24) is 15.1 Å². The number of ketones is 1. The lowest BCUT2D eigenvalue weighted by molar-refractivity contribution is -0.151. The molecule has 2 unspecified atom stereocenters. The number of carbonyl (C=O) groups is 5. The highest BCUT2D eigenvalue weighted by atomic mass is 16.6. The summed E-state index contributed by atoms with van der Waals surface area (Å²) >= 11 is 0. The molecule has 0 bridgehead atoms. The molecule has 2 N–H and O–H groups in total. The van der Waals surface area contributed by atoms with E-state index >= 15 is 0 Å². The number of likely N-dealkylation sites (N-methyl/N-ethyl adjacent to an activating group) is 1. The summed E-state index contributed by atoms with van der Waals surface area (Å²) in [5, 5.41) is 12.8. The Labute approximate surface area is 363 Å². The molecule has 5 rings (SSSR count). The number of rotatable bonds is 21. The van der Waals surface area contributed by atoms with Crippen LogP contribution in [0, 0.1) is 40.9 Å². The Balaban J connectivity index is 1.23. The number of fused-ring (bicyclic) bond motifs is 3. The van der Waals surface area contributed by atoms with Gasteiger partial charge in [-0.1, -0.05) is 103 Å². The number of hydrogen-bond donors (Lipinski definition) is 2. The molecule has 2 aliphatic carbocycles. The van der Waals surface area contributed by atoms with Crippen molar-refractivity contribution in [3.63, 3.8) is 0 Å². The summed E-state index contributed by atoms with van der Waals surface area (Å²) in [6, 6.07) is 14.3. The molecule has 10 atom stereocenters. The van der Waals surface area contributed by atoms with Crippen molar-refractivity contribution in [2.75, 3.05) is 34.4 Å². The van der Waals surface area contributed by atoms with Crippen LogP contribution in [-0.4, -0.2) is 109 Å². The number of likely N-dealkylation sites (tertiary alicyclic amines) is 1. The number of methoxy groups -OCH3 is 2. The third-order valence-electron chi connectivity index (χ3n) is 14.5. The number of carboxylic acids is 1. The van der Waals surface area contributed by atoms with Crippen molar-refractivity contribution in [2.45, 2.75) is 130 Å². The number of Topliss-reactive ketones (excluding diaryl/α,β-unsaturated/α-hetero) is 1. The lowest BCUT2D eigenvalue weighted by Gasteiger charge is -2.36. The zero-order valence-electron chi connectivity index (χ0n) is 38.3. The first kappa shape index (κ1) is 47.8. The fraction of sp³-hybridized carbons (Fsp3) is 0.653. The first-order valence-corrected chi connectivity index (χ1v) is 22.4. The summed E-state index contributed by atoms with van der Waals surface area (Å²) < 4.78 is 17.7. The number of carbonyl (C=O) groups excluding carboxylic acids is 4. The van der Waals surface area contributed by atoms with E-state index in [4.69, 9.17) is 14.2 Å². The van der Waals surface area contributed by atoms with Crippen molar-refractivity contribution in [3.05, 3.63) is 59.7 Å². The van der Waals surface area contributed by atoms with Gasteiger partial charge in [-0.2, -0.15) is 0 Å². The van der Waals surface area contributed by atoms with E-state index in [-0.39, 0.29) is 71.9 Å². The van der Waals surface area contributed by atoms with E-state index in [0.29, 0.717) is 19.4 Å². The monoisotopic (exact) mass is 846 g/mol. The van der Waals surface area contributed by atoms with Crippen LogP contribution in [0.1, 0.15) is 111 Å². The quantitative estimate of drug-likeness (QED) is 0.128. The first-order valence-electron chi connectivity index (χ1n) is 22.4. The van der Waals surface area contributed by atoms with Gasteiger partial charge in [0.05, 0.1) is 36.6 Å². The molecule has 1 saturated carbocycles. The number of nitrogens with one attached hydrogen (secondary N) is 1. The summed E-state index contributed by atoms with van der Waals surface area (Å²) in [6.07, 6.45) is 2.27. The van der Waals surface area contributed by atoms with Gasteiger partial charge in [-0.05, 0) is 78.5 Å². The highest BCUT2D eigenvalue weighted by Crippen LogP contribution is 2.64. The maximum Gasteiger partial charge on any atom is 0.410 e. The van der Waals surface area contributed by atoms with Gasteiger partial charge in [-0.15, -0.1) is 0 Å². The smallest absolute Gasteiger partial charge is 0.410 e. The Kier molecular flexibility index (Phi) is 15.9. The fourth-order valence-electron chi connectivity index (χ4n) is 10.8. The molecule has 0 spiro atoms. The van der Waals surface area contributed by atoms with Crippen molar-refractivity contribution in [1.29, 1.82) is 0 Å². The van der Waals surface area contributed by atoms with Gasteiger partial charge in [0, 0.05) is 45.1 Å². The van der Waals surface area contributed by atoms with Gasteiger partial charge in [-0.25, -0.2) is 4.79 Å². The Morgan fingerprint density at radius 3 is 2.03 bits per heavy atom. The van der Waals surface area contributed by atoms with E-state index in [0.717, 1.165) is 41.5 Å². The number of hydrogen-bond acceptors (Lipinski definition) is 8. The van der Waals surface area contributed by atoms with E-state index in [1.54, 1.807) is 26.0 Å². The van der Waals surface area contributed by atoms with Crippen LogP contribution in [0.5, 0.6) is 0 Å². The zero-order valence-corrected chi connectivity index (χ0v) is 38.3. The molecule has 3 aliphatic rings.